The number of carbonyl (C=O) groups excluding carboxylic acids is 1. The average Bonchev–Trinajstić information content (AvgIpc) is 2.17. The van der Waals surface area contributed by atoms with Crippen molar-refractivity contribution in [2.24, 2.45) is 0 Å². The molecule has 0 spiro atoms. The molecule has 15 heavy (non-hydrogen) atoms. The van der Waals surface area contributed by atoms with Crippen molar-refractivity contribution in [3.8, 4) is 5.75 Å². The van der Waals surface area contributed by atoms with Gasteiger partial charge in [-0.3, -0.25) is 4.79 Å². The maximum absolute atomic E-state index is 13.1. The third-order valence-corrected chi connectivity index (χ3v) is 1.69. The number of hydrogen-bond donors (Lipinski definition) is 1. The van der Waals surface area contributed by atoms with Crippen molar-refractivity contribution in [2.45, 2.75) is 13.3 Å². The van der Waals surface area contributed by atoms with Crippen LogP contribution >= 0.6 is 0 Å². The van der Waals surface area contributed by atoms with E-state index in [0.717, 1.165) is 12.1 Å². The molecule has 0 aliphatic rings. The standard InChI is InChI=1S/C10H9FO4/c1-2-9(12)15-6-3-4-7(10(13)14)8(11)5-6/h3-5H,2H2,1H3,(H,13,14). The number of rotatable bonds is 3. The van der Waals surface area contributed by atoms with Crippen LogP contribution in [0, 0.1) is 5.82 Å². The van der Waals surface area contributed by atoms with Crippen molar-refractivity contribution in [1.29, 1.82) is 0 Å². The molecular weight excluding hydrogens is 203 g/mol. The van der Waals surface area contributed by atoms with E-state index in [1.165, 1.54) is 6.07 Å². The van der Waals surface area contributed by atoms with Gasteiger partial charge in [-0.05, 0) is 12.1 Å². The summed E-state index contributed by atoms with van der Waals surface area (Å²) >= 11 is 0. The fourth-order valence-corrected chi connectivity index (χ4v) is 0.936. The fourth-order valence-electron chi connectivity index (χ4n) is 0.936. The minimum absolute atomic E-state index is 0.00403. The van der Waals surface area contributed by atoms with E-state index in [-0.39, 0.29) is 12.2 Å². The second-order valence-corrected chi connectivity index (χ2v) is 2.77. The number of benzene rings is 1. The van der Waals surface area contributed by atoms with Crippen molar-refractivity contribution >= 4 is 11.9 Å². The van der Waals surface area contributed by atoms with Gasteiger partial charge in [0.15, 0.2) is 0 Å². The number of carboxylic acids is 1. The van der Waals surface area contributed by atoms with Gasteiger partial charge >= 0.3 is 11.9 Å². The summed E-state index contributed by atoms with van der Waals surface area (Å²) in [7, 11) is 0. The first-order chi connectivity index (χ1) is 7.04. The average molecular weight is 212 g/mol. The molecular formula is C10H9FO4. The Hall–Kier alpha value is -1.91. The molecule has 0 unspecified atom stereocenters. The molecule has 0 fully saturated rings. The highest BCUT2D eigenvalue weighted by atomic mass is 19.1. The minimum atomic E-state index is -1.36. The van der Waals surface area contributed by atoms with Gasteiger partial charge in [0.2, 0.25) is 0 Å². The lowest BCUT2D eigenvalue weighted by Gasteiger charge is -2.03. The smallest absolute Gasteiger partial charge is 0.338 e. The van der Waals surface area contributed by atoms with Gasteiger partial charge in [0.25, 0.3) is 0 Å². The Bertz CT molecular complexity index is 400. The van der Waals surface area contributed by atoms with Gasteiger partial charge in [-0.1, -0.05) is 6.92 Å². The number of halogens is 1. The lowest BCUT2D eigenvalue weighted by Crippen LogP contribution is -2.07. The molecule has 0 aliphatic heterocycles. The topological polar surface area (TPSA) is 63.6 Å². The highest BCUT2D eigenvalue weighted by Gasteiger charge is 2.11. The van der Waals surface area contributed by atoms with Gasteiger partial charge < -0.3 is 9.84 Å². The number of carbonyl (C=O) groups is 2. The van der Waals surface area contributed by atoms with Gasteiger partial charge in [-0.2, -0.15) is 0 Å². The monoisotopic (exact) mass is 212 g/mol. The van der Waals surface area contributed by atoms with Crippen LogP contribution in [0.4, 0.5) is 4.39 Å². The zero-order valence-electron chi connectivity index (χ0n) is 7.99. The number of esters is 1. The van der Waals surface area contributed by atoms with Crippen LogP contribution in [0.1, 0.15) is 23.7 Å². The summed E-state index contributed by atoms with van der Waals surface area (Å²) < 4.78 is 17.8. The first-order valence-corrected chi connectivity index (χ1v) is 4.28. The molecule has 0 saturated heterocycles. The number of hydrogen-bond acceptors (Lipinski definition) is 3. The molecule has 0 atom stereocenters. The van der Waals surface area contributed by atoms with Crippen LogP contribution in [0.2, 0.25) is 0 Å². The molecule has 0 bridgehead atoms. The molecule has 5 heteroatoms. The van der Waals surface area contributed by atoms with E-state index in [1.54, 1.807) is 6.92 Å². The Balaban J connectivity index is 2.91. The highest BCUT2D eigenvalue weighted by molar-refractivity contribution is 5.88. The molecule has 0 saturated carbocycles. The molecule has 4 nitrogen and oxygen atoms in total. The Morgan fingerprint density at radius 1 is 1.47 bits per heavy atom. The largest absolute Gasteiger partial charge is 0.478 e. The predicted octanol–water partition coefficient (Wildman–Crippen LogP) is 1.84. The van der Waals surface area contributed by atoms with Crippen molar-refractivity contribution in [3.63, 3.8) is 0 Å². The molecule has 1 aromatic carbocycles. The lowest BCUT2D eigenvalue weighted by molar-refractivity contribution is -0.134. The summed E-state index contributed by atoms with van der Waals surface area (Å²) in [5.41, 5.74) is -0.453. The van der Waals surface area contributed by atoms with E-state index in [4.69, 9.17) is 9.84 Å². The third kappa shape index (κ3) is 2.77. The quantitative estimate of drug-likeness (QED) is 0.613. The van der Waals surface area contributed by atoms with Crippen LogP contribution in [0.15, 0.2) is 18.2 Å². The Kier molecular flexibility index (Phi) is 3.38. The van der Waals surface area contributed by atoms with E-state index >= 15 is 0 Å². The lowest BCUT2D eigenvalue weighted by atomic mass is 10.2. The summed E-state index contributed by atoms with van der Waals surface area (Å²) in [6.07, 6.45) is 0.169. The maximum Gasteiger partial charge on any atom is 0.338 e. The highest BCUT2D eigenvalue weighted by Crippen LogP contribution is 2.17. The second kappa shape index (κ2) is 4.54. The number of carboxylic acid groups (broad SMARTS) is 1. The zero-order valence-corrected chi connectivity index (χ0v) is 7.99. The van der Waals surface area contributed by atoms with E-state index < -0.39 is 23.3 Å². The predicted molar refractivity (Wildman–Crippen MR) is 49.3 cm³/mol. The van der Waals surface area contributed by atoms with Crippen LogP contribution in [-0.4, -0.2) is 17.0 Å². The zero-order chi connectivity index (χ0) is 11.4. The summed E-state index contributed by atoms with van der Waals surface area (Å²) in [5, 5.41) is 8.54. The third-order valence-electron chi connectivity index (χ3n) is 1.69. The van der Waals surface area contributed by atoms with Crippen molar-refractivity contribution in [3.05, 3.63) is 29.6 Å². The maximum atomic E-state index is 13.1. The molecule has 1 aromatic rings. The number of ether oxygens (including phenoxy) is 1. The van der Waals surface area contributed by atoms with Crippen LogP contribution in [0.25, 0.3) is 0 Å². The molecule has 0 amide bonds. The van der Waals surface area contributed by atoms with Gasteiger partial charge in [-0.15, -0.1) is 0 Å². The van der Waals surface area contributed by atoms with Gasteiger partial charge in [0.1, 0.15) is 11.6 Å². The Morgan fingerprint density at radius 2 is 2.13 bits per heavy atom. The van der Waals surface area contributed by atoms with Crippen LogP contribution in [-0.2, 0) is 4.79 Å². The Morgan fingerprint density at radius 3 is 2.60 bits per heavy atom. The van der Waals surface area contributed by atoms with Crippen LogP contribution in [0.3, 0.4) is 0 Å². The number of aromatic carboxylic acids is 1. The second-order valence-electron chi connectivity index (χ2n) is 2.77. The first-order valence-electron chi connectivity index (χ1n) is 4.28. The van der Waals surface area contributed by atoms with Crippen molar-refractivity contribution < 1.29 is 23.8 Å². The normalized spacial score (nSPS) is 9.73. The Labute approximate surface area is 85.3 Å². The molecule has 1 N–H and O–H groups in total. The van der Waals surface area contributed by atoms with Crippen LogP contribution in [0.5, 0.6) is 5.75 Å². The first kappa shape index (κ1) is 11.2. The SMILES string of the molecule is CCC(=O)Oc1ccc(C(=O)O)c(F)c1. The summed E-state index contributed by atoms with van der Waals surface area (Å²) in [4.78, 5) is 21.3. The summed E-state index contributed by atoms with van der Waals surface area (Å²) in [5.74, 6) is -2.79. The van der Waals surface area contributed by atoms with E-state index in [2.05, 4.69) is 0 Å². The van der Waals surface area contributed by atoms with Gasteiger partial charge in [0, 0.05) is 12.5 Å². The molecule has 0 aromatic heterocycles. The molecule has 0 aliphatic carbocycles. The summed E-state index contributed by atoms with van der Waals surface area (Å²) in [6.45, 7) is 1.60. The van der Waals surface area contributed by atoms with Crippen molar-refractivity contribution in [1.82, 2.24) is 0 Å². The van der Waals surface area contributed by atoms with Crippen LogP contribution < -0.4 is 4.74 Å². The minimum Gasteiger partial charge on any atom is -0.478 e. The summed E-state index contributed by atoms with van der Waals surface area (Å²) in [6, 6.07) is 3.16. The van der Waals surface area contributed by atoms with Gasteiger partial charge in [0.05, 0.1) is 5.56 Å². The fraction of sp³-hybridized carbons (Fsp3) is 0.200. The van der Waals surface area contributed by atoms with Gasteiger partial charge in [-0.25, -0.2) is 9.18 Å². The van der Waals surface area contributed by atoms with E-state index in [0.29, 0.717) is 0 Å². The molecule has 0 heterocycles. The molecule has 80 valence electrons. The van der Waals surface area contributed by atoms with E-state index in [1.807, 2.05) is 0 Å². The molecule has 0 radical (unpaired) electrons. The van der Waals surface area contributed by atoms with E-state index in [9.17, 15) is 14.0 Å². The molecule has 1 rings (SSSR count). The van der Waals surface area contributed by atoms with Crippen molar-refractivity contribution in [2.75, 3.05) is 0 Å².